The summed E-state index contributed by atoms with van der Waals surface area (Å²) in [6, 6.07) is 6.97. The van der Waals surface area contributed by atoms with Crippen LogP contribution in [-0.2, 0) is 11.2 Å². The summed E-state index contributed by atoms with van der Waals surface area (Å²) in [5, 5.41) is 8.85. The molecule has 28 heavy (non-hydrogen) atoms. The molecule has 146 valence electrons. The van der Waals surface area contributed by atoms with Crippen LogP contribution in [-0.4, -0.2) is 12.8 Å². The normalized spacial score (nSPS) is 16.0. The van der Waals surface area contributed by atoms with Crippen LogP contribution in [0.4, 0.5) is 0 Å². The Bertz CT molecular complexity index is 1050. The van der Waals surface area contributed by atoms with Gasteiger partial charge in [0.1, 0.15) is 5.76 Å². The van der Waals surface area contributed by atoms with E-state index in [1.54, 1.807) is 7.11 Å². The molecule has 0 bridgehead atoms. The van der Waals surface area contributed by atoms with Gasteiger partial charge in [-0.05, 0) is 78.3 Å². The van der Waals surface area contributed by atoms with Crippen molar-refractivity contribution in [1.29, 1.82) is 0 Å². The fourth-order valence-corrected chi connectivity index (χ4v) is 4.23. The van der Waals surface area contributed by atoms with Gasteiger partial charge in [0, 0.05) is 11.1 Å². The molecule has 0 saturated carbocycles. The third kappa shape index (κ3) is 3.56. The van der Waals surface area contributed by atoms with E-state index in [1.165, 1.54) is 38.6 Å². The fourth-order valence-electron chi connectivity index (χ4n) is 4.23. The third-order valence-electron chi connectivity index (χ3n) is 5.63. The SMILES string of the molecule is CCc1cc(C)cc2cc(C)c(C=C3C=C(C)C(=[NH2+])C=C3OC)c(C(C)C)c12. The second-order valence-electron chi connectivity index (χ2n) is 8.15. The summed E-state index contributed by atoms with van der Waals surface area (Å²) in [7, 11) is 1.70. The van der Waals surface area contributed by atoms with E-state index in [9.17, 15) is 0 Å². The number of allylic oxidation sites excluding steroid dienone is 3. The minimum atomic E-state index is 0.419. The van der Waals surface area contributed by atoms with Crippen molar-refractivity contribution in [1.82, 2.24) is 0 Å². The molecule has 0 amide bonds. The minimum Gasteiger partial charge on any atom is -0.496 e. The lowest BCUT2D eigenvalue weighted by Crippen LogP contribution is -2.40. The Balaban J connectivity index is 2.37. The second kappa shape index (κ2) is 7.79. The number of ether oxygens (including phenoxy) is 1. The molecule has 1 aliphatic carbocycles. The van der Waals surface area contributed by atoms with Crippen molar-refractivity contribution < 1.29 is 10.1 Å². The molecule has 2 aromatic carbocycles. The quantitative estimate of drug-likeness (QED) is 0.783. The lowest BCUT2D eigenvalue weighted by Gasteiger charge is -2.21. The van der Waals surface area contributed by atoms with Crippen molar-refractivity contribution in [2.45, 2.75) is 53.9 Å². The first-order valence-corrected chi connectivity index (χ1v) is 10.1. The topological polar surface area (TPSA) is 34.8 Å². The monoisotopic (exact) mass is 374 g/mol. The molecule has 0 heterocycles. The summed E-state index contributed by atoms with van der Waals surface area (Å²) in [5.74, 6) is 1.24. The zero-order valence-corrected chi connectivity index (χ0v) is 18.2. The van der Waals surface area contributed by atoms with E-state index in [2.05, 4.69) is 65.0 Å². The Morgan fingerprint density at radius 2 is 1.79 bits per heavy atom. The maximum absolute atomic E-state index is 6.10. The molecule has 0 atom stereocenters. The molecule has 0 aliphatic heterocycles. The van der Waals surface area contributed by atoms with E-state index in [-0.39, 0.29) is 0 Å². The van der Waals surface area contributed by atoms with Crippen LogP contribution in [0, 0.1) is 13.8 Å². The largest absolute Gasteiger partial charge is 0.496 e. The number of fused-ring (bicyclic) bond motifs is 1. The number of hydrogen-bond donors (Lipinski definition) is 1. The second-order valence-corrected chi connectivity index (χ2v) is 8.15. The highest BCUT2D eigenvalue weighted by Crippen LogP contribution is 2.37. The standard InChI is InChI=1S/C26H31NO/c1-8-19-9-16(4)10-21-11-17(5)22(25(15(2)3)26(19)21)13-20-12-18(6)23(27)14-24(20)28-7/h9-15,27H,8H2,1-7H3/p+1. The van der Waals surface area contributed by atoms with Crippen molar-refractivity contribution in [3.63, 3.8) is 0 Å². The highest BCUT2D eigenvalue weighted by Gasteiger charge is 2.20. The number of nitrogens with two attached hydrogens (primary N) is 1. The van der Waals surface area contributed by atoms with Crippen molar-refractivity contribution in [3.05, 3.63) is 75.1 Å². The summed E-state index contributed by atoms with van der Waals surface area (Å²) < 4.78 is 5.63. The van der Waals surface area contributed by atoms with Gasteiger partial charge in [-0.15, -0.1) is 0 Å². The Morgan fingerprint density at radius 3 is 2.39 bits per heavy atom. The van der Waals surface area contributed by atoms with E-state index >= 15 is 0 Å². The van der Waals surface area contributed by atoms with Gasteiger partial charge in [-0.2, -0.15) is 0 Å². The highest BCUT2D eigenvalue weighted by atomic mass is 16.5. The number of methoxy groups -OCH3 is 1. The first-order valence-electron chi connectivity index (χ1n) is 10.1. The van der Waals surface area contributed by atoms with Crippen LogP contribution in [0.3, 0.4) is 0 Å². The summed E-state index contributed by atoms with van der Waals surface area (Å²) in [6.45, 7) is 13.3. The molecular formula is C26H32NO+. The van der Waals surface area contributed by atoms with Crippen LogP contribution < -0.4 is 5.41 Å². The van der Waals surface area contributed by atoms with Crippen molar-refractivity contribution >= 4 is 22.6 Å². The van der Waals surface area contributed by atoms with Gasteiger partial charge < -0.3 is 4.74 Å². The van der Waals surface area contributed by atoms with Crippen LogP contribution in [0.25, 0.3) is 16.8 Å². The lowest BCUT2D eigenvalue weighted by atomic mass is 9.83. The van der Waals surface area contributed by atoms with Crippen LogP contribution in [0.15, 0.2) is 47.3 Å². The van der Waals surface area contributed by atoms with Gasteiger partial charge in [-0.1, -0.05) is 44.5 Å². The van der Waals surface area contributed by atoms with Crippen LogP contribution in [0.5, 0.6) is 0 Å². The number of hydrogen-bond acceptors (Lipinski definition) is 1. The number of benzene rings is 2. The molecule has 2 N–H and O–H groups in total. The smallest absolute Gasteiger partial charge is 0.203 e. The van der Waals surface area contributed by atoms with Gasteiger partial charge in [-0.3, -0.25) is 5.41 Å². The van der Waals surface area contributed by atoms with Gasteiger partial charge in [-0.25, -0.2) is 0 Å². The Kier molecular flexibility index (Phi) is 5.60. The number of rotatable bonds is 4. The van der Waals surface area contributed by atoms with Gasteiger partial charge in [0.25, 0.3) is 0 Å². The maximum atomic E-state index is 6.10. The van der Waals surface area contributed by atoms with Crippen LogP contribution >= 0.6 is 0 Å². The summed E-state index contributed by atoms with van der Waals surface area (Å²) >= 11 is 0. The molecule has 0 spiro atoms. The molecule has 0 radical (unpaired) electrons. The first kappa shape index (κ1) is 20.1. The van der Waals surface area contributed by atoms with Crippen molar-refractivity contribution in [2.24, 2.45) is 0 Å². The molecule has 2 aromatic rings. The third-order valence-corrected chi connectivity index (χ3v) is 5.63. The number of aryl methyl sites for hydroxylation is 3. The van der Waals surface area contributed by atoms with Crippen molar-refractivity contribution in [2.75, 3.05) is 7.11 Å². The zero-order valence-electron chi connectivity index (χ0n) is 18.2. The van der Waals surface area contributed by atoms with E-state index < -0.39 is 0 Å². The van der Waals surface area contributed by atoms with E-state index in [4.69, 9.17) is 10.1 Å². The molecule has 2 nitrogen and oxygen atoms in total. The maximum Gasteiger partial charge on any atom is 0.203 e. The zero-order chi connectivity index (χ0) is 20.6. The summed E-state index contributed by atoms with van der Waals surface area (Å²) in [4.78, 5) is 0. The van der Waals surface area contributed by atoms with Gasteiger partial charge >= 0.3 is 0 Å². The van der Waals surface area contributed by atoms with Gasteiger partial charge in [0.05, 0.1) is 13.2 Å². The van der Waals surface area contributed by atoms with Crippen molar-refractivity contribution in [3.8, 4) is 0 Å². The molecule has 3 rings (SSSR count). The predicted molar refractivity (Wildman–Crippen MR) is 121 cm³/mol. The van der Waals surface area contributed by atoms with E-state index in [1.807, 2.05) is 13.0 Å². The highest BCUT2D eigenvalue weighted by molar-refractivity contribution is 6.06. The Hall–Kier alpha value is -2.61. The average Bonchev–Trinajstić information content (AvgIpc) is 2.64. The summed E-state index contributed by atoms with van der Waals surface area (Å²) in [5.41, 5.74) is 9.66. The molecule has 0 aromatic heterocycles. The molecular weight excluding hydrogens is 342 g/mol. The van der Waals surface area contributed by atoms with Gasteiger partial charge in [0.15, 0.2) is 0 Å². The minimum absolute atomic E-state index is 0.419. The Morgan fingerprint density at radius 1 is 1.07 bits per heavy atom. The Labute approximate surface area is 169 Å². The predicted octanol–water partition coefficient (Wildman–Crippen LogP) is 5.22. The first-order chi connectivity index (χ1) is 13.3. The molecule has 0 saturated heterocycles. The fraction of sp³-hybridized carbons (Fsp3) is 0.346. The molecule has 0 fully saturated rings. The molecule has 1 aliphatic rings. The van der Waals surface area contributed by atoms with E-state index in [0.717, 1.165) is 29.0 Å². The molecule has 2 heteroatoms. The molecule has 0 unspecified atom stereocenters. The van der Waals surface area contributed by atoms with Crippen LogP contribution in [0.1, 0.15) is 61.4 Å². The van der Waals surface area contributed by atoms with E-state index in [0.29, 0.717) is 5.92 Å². The lowest BCUT2D eigenvalue weighted by molar-refractivity contribution is -0.111. The summed E-state index contributed by atoms with van der Waals surface area (Å²) in [6.07, 6.45) is 7.35. The van der Waals surface area contributed by atoms with Gasteiger partial charge in [0.2, 0.25) is 5.71 Å². The van der Waals surface area contributed by atoms with Crippen LogP contribution in [0.2, 0.25) is 0 Å². The average molecular weight is 375 g/mol.